The van der Waals surface area contributed by atoms with Gasteiger partial charge in [-0.25, -0.2) is 8.42 Å². The van der Waals surface area contributed by atoms with Gasteiger partial charge in [-0.1, -0.05) is 18.2 Å². The number of ether oxygens (including phenoxy) is 1. The van der Waals surface area contributed by atoms with Crippen LogP contribution in [0.1, 0.15) is 18.4 Å². The fourth-order valence-corrected chi connectivity index (χ4v) is 5.77. The first-order valence-electron chi connectivity index (χ1n) is 8.97. The minimum atomic E-state index is -3.50. The number of thiophene rings is 1. The molecule has 2 heterocycles. The molecule has 1 atom stereocenters. The summed E-state index contributed by atoms with van der Waals surface area (Å²) < 4.78 is 32.7. The van der Waals surface area contributed by atoms with Crippen molar-refractivity contribution in [1.29, 1.82) is 0 Å². The minimum Gasteiger partial charge on any atom is -0.492 e. The zero-order chi connectivity index (χ0) is 19.3. The number of nitrogens with zero attached hydrogens (tertiary/aromatic N) is 1. The Morgan fingerprint density at radius 3 is 2.93 bits per heavy atom. The molecule has 0 bridgehead atoms. The lowest BCUT2D eigenvalue weighted by Gasteiger charge is -2.30. The number of rotatable bonds is 7. The SMILES string of the molecule is Cc1cccc(OCCNC(=O)C2CCCN(S(=O)(=O)c3cccs3)C2)c1. The molecule has 8 heteroatoms. The van der Waals surface area contributed by atoms with Crippen molar-refractivity contribution in [3.8, 4) is 5.75 Å². The lowest BCUT2D eigenvalue weighted by molar-refractivity contribution is -0.126. The molecule has 1 unspecified atom stereocenters. The number of hydrogen-bond donors (Lipinski definition) is 1. The molecule has 3 rings (SSSR count). The number of benzene rings is 1. The van der Waals surface area contributed by atoms with E-state index in [4.69, 9.17) is 4.74 Å². The normalized spacial score (nSPS) is 18.2. The van der Waals surface area contributed by atoms with Gasteiger partial charge in [-0.3, -0.25) is 4.79 Å². The summed E-state index contributed by atoms with van der Waals surface area (Å²) in [4.78, 5) is 12.4. The molecule has 0 saturated carbocycles. The maximum atomic E-state index is 12.6. The summed E-state index contributed by atoms with van der Waals surface area (Å²) in [6.45, 7) is 3.44. The van der Waals surface area contributed by atoms with Crippen molar-refractivity contribution in [2.45, 2.75) is 24.0 Å². The van der Waals surface area contributed by atoms with Crippen LogP contribution < -0.4 is 10.1 Å². The van der Waals surface area contributed by atoms with Crippen molar-refractivity contribution in [2.24, 2.45) is 5.92 Å². The molecule has 1 N–H and O–H groups in total. The molecule has 6 nitrogen and oxygen atoms in total. The molecule has 2 aromatic rings. The van der Waals surface area contributed by atoms with Crippen LogP contribution in [0, 0.1) is 12.8 Å². The molecule has 27 heavy (non-hydrogen) atoms. The predicted molar refractivity (Wildman–Crippen MR) is 105 cm³/mol. The van der Waals surface area contributed by atoms with Crippen molar-refractivity contribution in [1.82, 2.24) is 9.62 Å². The molecule has 1 aromatic heterocycles. The van der Waals surface area contributed by atoms with Gasteiger partial charge in [-0.15, -0.1) is 11.3 Å². The first-order chi connectivity index (χ1) is 13.0. The van der Waals surface area contributed by atoms with Crippen LogP contribution in [-0.2, 0) is 14.8 Å². The second kappa shape index (κ2) is 8.86. The Bertz CT molecular complexity index is 866. The average molecular weight is 409 g/mol. The molecule has 1 saturated heterocycles. The smallest absolute Gasteiger partial charge is 0.252 e. The van der Waals surface area contributed by atoms with Gasteiger partial charge >= 0.3 is 0 Å². The number of nitrogens with one attached hydrogen (secondary N) is 1. The molecular weight excluding hydrogens is 384 g/mol. The standard InChI is InChI=1S/C19H24N2O4S2/c1-15-5-2-7-17(13-15)25-11-9-20-19(22)16-6-3-10-21(14-16)27(23,24)18-8-4-12-26-18/h2,4-5,7-8,12-13,16H,3,6,9-11,14H2,1H3,(H,20,22). The van der Waals surface area contributed by atoms with Gasteiger partial charge < -0.3 is 10.1 Å². The summed E-state index contributed by atoms with van der Waals surface area (Å²) in [5, 5.41) is 4.61. The van der Waals surface area contributed by atoms with Crippen molar-refractivity contribution in [3.05, 3.63) is 47.3 Å². The molecule has 0 radical (unpaired) electrons. The minimum absolute atomic E-state index is 0.117. The molecule has 1 fully saturated rings. The van der Waals surface area contributed by atoms with E-state index in [-0.39, 0.29) is 18.4 Å². The van der Waals surface area contributed by atoms with Crippen molar-refractivity contribution >= 4 is 27.3 Å². The third kappa shape index (κ3) is 5.09. The van der Waals surface area contributed by atoms with Gasteiger partial charge in [0.25, 0.3) is 10.0 Å². The summed E-state index contributed by atoms with van der Waals surface area (Å²) in [5.74, 6) is 0.330. The number of piperidine rings is 1. The highest BCUT2D eigenvalue weighted by molar-refractivity contribution is 7.91. The topological polar surface area (TPSA) is 75.7 Å². The van der Waals surface area contributed by atoms with Crippen LogP contribution in [0.25, 0.3) is 0 Å². The maximum Gasteiger partial charge on any atom is 0.252 e. The maximum absolute atomic E-state index is 12.6. The average Bonchev–Trinajstić information content (AvgIpc) is 3.21. The van der Waals surface area contributed by atoms with E-state index in [0.717, 1.165) is 11.3 Å². The van der Waals surface area contributed by atoms with E-state index < -0.39 is 10.0 Å². The first kappa shape index (κ1) is 19.9. The van der Waals surface area contributed by atoms with Gasteiger partial charge in [-0.2, -0.15) is 4.31 Å². The quantitative estimate of drug-likeness (QED) is 0.715. The monoisotopic (exact) mass is 408 g/mol. The van der Waals surface area contributed by atoms with Crippen molar-refractivity contribution in [2.75, 3.05) is 26.2 Å². The molecular formula is C19H24N2O4S2. The van der Waals surface area contributed by atoms with Gasteiger partial charge in [0.2, 0.25) is 5.91 Å². The van der Waals surface area contributed by atoms with E-state index in [1.807, 2.05) is 31.2 Å². The van der Waals surface area contributed by atoms with E-state index in [1.165, 1.54) is 15.6 Å². The second-order valence-corrected chi connectivity index (χ2v) is 9.70. The number of carbonyl (C=O) groups is 1. The van der Waals surface area contributed by atoms with Crippen LogP contribution in [0.3, 0.4) is 0 Å². The van der Waals surface area contributed by atoms with Crippen LogP contribution in [0.15, 0.2) is 46.0 Å². The zero-order valence-electron chi connectivity index (χ0n) is 15.3. The van der Waals surface area contributed by atoms with Crippen LogP contribution in [0.4, 0.5) is 0 Å². The van der Waals surface area contributed by atoms with E-state index in [2.05, 4.69) is 5.32 Å². The molecule has 1 amide bonds. The van der Waals surface area contributed by atoms with Crippen molar-refractivity contribution < 1.29 is 17.9 Å². The molecule has 146 valence electrons. The van der Waals surface area contributed by atoms with Gasteiger partial charge in [0.15, 0.2) is 0 Å². The number of amides is 1. The first-order valence-corrected chi connectivity index (χ1v) is 11.3. The largest absolute Gasteiger partial charge is 0.492 e. The van der Waals surface area contributed by atoms with E-state index >= 15 is 0 Å². The Morgan fingerprint density at radius 2 is 2.19 bits per heavy atom. The van der Waals surface area contributed by atoms with Crippen LogP contribution >= 0.6 is 11.3 Å². The Balaban J connectivity index is 1.48. The number of sulfonamides is 1. The highest BCUT2D eigenvalue weighted by Gasteiger charge is 2.33. The molecule has 0 aliphatic carbocycles. The third-order valence-corrected chi connectivity index (χ3v) is 7.74. The lowest BCUT2D eigenvalue weighted by atomic mass is 9.99. The zero-order valence-corrected chi connectivity index (χ0v) is 16.9. The highest BCUT2D eigenvalue weighted by Crippen LogP contribution is 2.26. The molecule has 1 aliphatic rings. The Hall–Kier alpha value is -1.90. The Morgan fingerprint density at radius 1 is 1.33 bits per heavy atom. The van der Waals surface area contributed by atoms with E-state index in [9.17, 15) is 13.2 Å². The Labute approximate surface area is 164 Å². The number of aryl methyl sites for hydroxylation is 1. The predicted octanol–water partition coefficient (Wildman–Crippen LogP) is 2.65. The van der Waals surface area contributed by atoms with Gasteiger partial charge in [-0.05, 0) is 48.9 Å². The van der Waals surface area contributed by atoms with Crippen molar-refractivity contribution in [3.63, 3.8) is 0 Å². The highest BCUT2D eigenvalue weighted by atomic mass is 32.2. The summed E-state index contributed by atoms with van der Waals surface area (Å²) in [5.41, 5.74) is 1.12. The summed E-state index contributed by atoms with van der Waals surface area (Å²) in [6, 6.07) is 11.1. The fourth-order valence-electron chi connectivity index (χ4n) is 3.10. The molecule has 1 aliphatic heterocycles. The van der Waals surface area contributed by atoms with Gasteiger partial charge in [0, 0.05) is 13.1 Å². The van der Waals surface area contributed by atoms with Crippen LogP contribution in [0.2, 0.25) is 0 Å². The van der Waals surface area contributed by atoms with Crippen LogP contribution in [0.5, 0.6) is 5.75 Å². The van der Waals surface area contributed by atoms with Crippen LogP contribution in [-0.4, -0.2) is 44.9 Å². The lowest BCUT2D eigenvalue weighted by Crippen LogP contribution is -2.45. The van der Waals surface area contributed by atoms with Gasteiger partial charge in [0.05, 0.1) is 12.5 Å². The number of hydrogen-bond acceptors (Lipinski definition) is 5. The fraction of sp³-hybridized carbons (Fsp3) is 0.421. The summed E-state index contributed by atoms with van der Waals surface area (Å²) in [7, 11) is -3.50. The summed E-state index contributed by atoms with van der Waals surface area (Å²) >= 11 is 1.20. The van der Waals surface area contributed by atoms with Gasteiger partial charge in [0.1, 0.15) is 16.6 Å². The Kier molecular flexibility index (Phi) is 6.51. The van der Waals surface area contributed by atoms with E-state index in [1.54, 1.807) is 17.5 Å². The molecule has 0 spiro atoms. The van der Waals surface area contributed by atoms with E-state index in [0.29, 0.717) is 36.7 Å². The number of carbonyl (C=O) groups excluding carboxylic acids is 1. The molecule has 1 aromatic carbocycles. The third-order valence-electron chi connectivity index (χ3n) is 4.50. The summed E-state index contributed by atoms with van der Waals surface area (Å²) in [6.07, 6.45) is 1.38. The second-order valence-electron chi connectivity index (χ2n) is 6.59.